The maximum Gasteiger partial charge on any atom is 0.227 e. The number of nitrogens with zero attached hydrogens (tertiary/aromatic N) is 1. The van der Waals surface area contributed by atoms with E-state index in [1.165, 1.54) is 5.56 Å². The Balaban J connectivity index is 1.43. The fourth-order valence-electron chi connectivity index (χ4n) is 3.24. The Kier molecular flexibility index (Phi) is 6.29. The summed E-state index contributed by atoms with van der Waals surface area (Å²) in [5.74, 6) is -0.414. The molecule has 0 aromatic heterocycles. The summed E-state index contributed by atoms with van der Waals surface area (Å²) in [6.45, 7) is 1.03. The number of para-hydroxylation sites is 1. The van der Waals surface area contributed by atoms with Gasteiger partial charge in [0, 0.05) is 19.5 Å². The average Bonchev–Trinajstić information content (AvgIpc) is 3.04. The average molecular weight is 371 g/mol. The van der Waals surface area contributed by atoms with Gasteiger partial charge in [-0.25, -0.2) is 0 Å². The van der Waals surface area contributed by atoms with Crippen LogP contribution in [0.15, 0.2) is 54.6 Å². The third kappa shape index (κ3) is 4.64. The molecule has 0 aliphatic carbocycles. The van der Waals surface area contributed by atoms with Crippen LogP contribution in [0.5, 0.6) is 0 Å². The molecular weight excluding hydrogens is 348 g/mol. The molecular formula is C21H23ClN2O2. The Morgan fingerprint density at radius 1 is 1.08 bits per heavy atom. The van der Waals surface area contributed by atoms with E-state index in [1.807, 2.05) is 36.4 Å². The van der Waals surface area contributed by atoms with Crippen LogP contribution < -0.4 is 10.2 Å². The van der Waals surface area contributed by atoms with Gasteiger partial charge in [-0.15, -0.1) is 0 Å². The van der Waals surface area contributed by atoms with Gasteiger partial charge >= 0.3 is 0 Å². The lowest BCUT2D eigenvalue weighted by Crippen LogP contribution is -2.33. The van der Waals surface area contributed by atoms with E-state index in [0.717, 1.165) is 19.3 Å². The van der Waals surface area contributed by atoms with Crippen molar-refractivity contribution in [2.45, 2.75) is 25.7 Å². The van der Waals surface area contributed by atoms with Crippen LogP contribution in [0.3, 0.4) is 0 Å². The van der Waals surface area contributed by atoms with Gasteiger partial charge in [0.25, 0.3) is 0 Å². The molecule has 2 aromatic rings. The van der Waals surface area contributed by atoms with Gasteiger partial charge in [-0.2, -0.15) is 0 Å². The molecule has 3 rings (SSSR count). The second-order valence-corrected chi connectivity index (χ2v) is 7.00. The summed E-state index contributed by atoms with van der Waals surface area (Å²) in [5.41, 5.74) is 1.99. The SMILES string of the molecule is O=C(NCCCCc1ccccc1)[C@@H]1CC(=O)N(c2ccccc2Cl)C1. The van der Waals surface area contributed by atoms with Gasteiger partial charge < -0.3 is 10.2 Å². The van der Waals surface area contributed by atoms with Crippen molar-refractivity contribution in [1.29, 1.82) is 0 Å². The lowest BCUT2D eigenvalue weighted by Gasteiger charge is -2.18. The molecule has 1 aliphatic rings. The van der Waals surface area contributed by atoms with E-state index in [4.69, 9.17) is 11.6 Å². The highest BCUT2D eigenvalue weighted by Crippen LogP contribution is 2.30. The molecule has 0 saturated carbocycles. The fraction of sp³-hybridized carbons (Fsp3) is 0.333. The summed E-state index contributed by atoms with van der Waals surface area (Å²) in [6, 6.07) is 17.6. The van der Waals surface area contributed by atoms with Crippen LogP contribution in [0.1, 0.15) is 24.8 Å². The first-order valence-corrected chi connectivity index (χ1v) is 9.39. The quantitative estimate of drug-likeness (QED) is 0.753. The van der Waals surface area contributed by atoms with Gasteiger partial charge in [0.2, 0.25) is 11.8 Å². The third-order valence-electron chi connectivity index (χ3n) is 4.67. The summed E-state index contributed by atoms with van der Waals surface area (Å²) >= 11 is 6.17. The van der Waals surface area contributed by atoms with Crippen molar-refractivity contribution in [1.82, 2.24) is 5.32 Å². The molecule has 1 fully saturated rings. The number of halogens is 1. The number of amides is 2. The Hall–Kier alpha value is -2.33. The lowest BCUT2D eigenvalue weighted by atomic mass is 10.1. The minimum absolute atomic E-state index is 0.0485. The van der Waals surface area contributed by atoms with Crippen molar-refractivity contribution in [3.05, 3.63) is 65.2 Å². The molecule has 1 atom stereocenters. The minimum Gasteiger partial charge on any atom is -0.356 e. The monoisotopic (exact) mass is 370 g/mol. The lowest BCUT2D eigenvalue weighted by molar-refractivity contribution is -0.126. The van der Waals surface area contributed by atoms with E-state index in [-0.39, 0.29) is 24.2 Å². The van der Waals surface area contributed by atoms with Crippen LogP contribution in [0.25, 0.3) is 0 Å². The van der Waals surface area contributed by atoms with Crippen LogP contribution in [0.2, 0.25) is 5.02 Å². The van der Waals surface area contributed by atoms with Crippen molar-refractivity contribution in [2.24, 2.45) is 5.92 Å². The largest absolute Gasteiger partial charge is 0.356 e. The second-order valence-electron chi connectivity index (χ2n) is 6.59. The third-order valence-corrected chi connectivity index (χ3v) is 4.99. The number of carbonyl (C=O) groups excluding carboxylic acids is 2. The minimum atomic E-state index is -0.312. The van der Waals surface area contributed by atoms with Gasteiger partial charge in [0.1, 0.15) is 0 Å². The summed E-state index contributed by atoms with van der Waals surface area (Å²) in [7, 11) is 0. The maximum atomic E-state index is 12.4. The highest BCUT2D eigenvalue weighted by molar-refractivity contribution is 6.33. The zero-order valence-corrected chi connectivity index (χ0v) is 15.4. The topological polar surface area (TPSA) is 49.4 Å². The van der Waals surface area contributed by atoms with Gasteiger partial charge in [-0.3, -0.25) is 9.59 Å². The summed E-state index contributed by atoms with van der Waals surface area (Å²) in [5, 5.41) is 3.50. The molecule has 0 bridgehead atoms. The van der Waals surface area contributed by atoms with Gasteiger partial charge in [-0.05, 0) is 37.0 Å². The highest BCUT2D eigenvalue weighted by Gasteiger charge is 2.35. The van der Waals surface area contributed by atoms with E-state index in [9.17, 15) is 9.59 Å². The van der Waals surface area contributed by atoms with E-state index < -0.39 is 0 Å². The van der Waals surface area contributed by atoms with E-state index in [2.05, 4.69) is 17.4 Å². The molecule has 1 N–H and O–H groups in total. The first-order chi connectivity index (χ1) is 12.6. The number of unbranched alkanes of at least 4 members (excludes halogenated alkanes) is 1. The number of aryl methyl sites for hydroxylation is 1. The van der Waals surface area contributed by atoms with Crippen LogP contribution in [0.4, 0.5) is 5.69 Å². The van der Waals surface area contributed by atoms with Gasteiger partial charge in [0.05, 0.1) is 16.6 Å². The molecule has 2 amide bonds. The van der Waals surface area contributed by atoms with Gasteiger partial charge in [-0.1, -0.05) is 54.1 Å². The Bertz CT molecular complexity index is 764. The molecule has 1 saturated heterocycles. The number of hydrogen-bond acceptors (Lipinski definition) is 2. The Morgan fingerprint density at radius 3 is 2.58 bits per heavy atom. The Morgan fingerprint density at radius 2 is 1.81 bits per heavy atom. The summed E-state index contributed by atoms with van der Waals surface area (Å²) in [4.78, 5) is 26.2. The van der Waals surface area contributed by atoms with Crippen molar-refractivity contribution in [3.63, 3.8) is 0 Å². The second kappa shape index (κ2) is 8.86. The van der Waals surface area contributed by atoms with Crippen LogP contribution in [-0.2, 0) is 16.0 Å². The molecule has 26 heavy (non-hydrogen) atoms. The normalized spacial score (nSPS) is 16.7. The highest BCUT2D eigenvalue weighted by atomic mass is 35.5. The molecule has 4 nitrogen and oxygen atoms in total. The molecule has 0 spiro atoms. The summed E-state index contributed by atoms with van der Waals surface area (Å²) in [6.07, 6.45) is 3.20. The van der Waals surface area contributed by atoms with Crippen molar-refractivity contribution in [2.75, 3.05) is 18.0 Å². The maximum absolute atomic E-state index is 12.4. The van der Waals surface area contributed by atoms with Crippen LogP contribution >= 0.6 is 11.6 Å². The van der Waals surface area contributed by atoms with Crippen molar-refractivity contribution >= 4 is 29.1 Å². The first-order valence-electron chi connectivity index (χ1n) is 9.01. The first kappa shape index (κ1) is 18.5. The van der Waals surface area contributed by atoms with E-state index in [0.29, 0.717) is 23.8 Å². The molecule has 5 heteroatoms. The van der Waals surface area contributed by atoms with E-state index in [1.54, 1.807) is 11.0 Å². The standard InChI is InChI=1S/C21H23ClN2O2/c22-18-11-4-5-12-19(18)24-15-17(14-20(24)25)21(26)23-13-7-6-10-16-8-2-1-3-9-16/h1-5,8-9,11-12,17H,6-7,10,13-15H2,(H,23,26)/t17-/m1/s1. The zero-order valence-electron chi connectivity index (χ0n) is 14.7. The van der Waals surface area contributed by atoms with Gasteiger partial charge in [0.15, 0.2) is 0 Å². The Labute approximate surface area is 159 Å². The molecule has 0 radical (unpaired) electrons. The number of nitrogens with one attached hydrogen (secondary N) is 1. The van der Waals surface area contributed by atoms with E-state index >= 15 is 0 Å². The van der Waals surface area contributed by atoms with Crippen LogP contribution in [0, 0.1) is 5.92 Å². The molecule has 2 aromatic carbocycles. The van der Waals surface area contributed by atoms with Crippen LogP contribution in [-0.4, -0.2) is 24.9 Å². The smallest absolute Gasteiger partial charge is 0.227 e. The zero-order chi connectivity index (χ0) is 18.4. The molecule has 1 aliphatic heterocycles. The fourth-order valence-corrected chi connectivity index (χ4v) is 3.48. The molecule has 136 valence electrons. The number of rotatable bonds is 7. The molecule has 0 unspecified atom stereocenters. The van der Waals surface area contributed by atoms with Crippen molar-refractivity contribution < 1.29 is 9.59 Å². The van der Waals surface area contributed by atoms with Crippen molar-refractivity contribution in [3.8, 4) is 0 Å². The predicted molar refractivity (Wildman–Crippen MR) is 104 cm³/mol. The number of carbonyl (C=O) groups is 2. The number of benzene rings is 2. The number of hydrogen-bond donors (Lipinski definition) is 1. The summed E-state index contributed by atoms with van der Waals surface area (Å²) < 4.78 is 0. The predicted octanol–water partition coefficient (Wildman–Crippen LogP) is 3.83. The number of anilines is 1. The molecule has 1 heterocycles.